The number of Topliss-reactive ketones (excluding diaryl/α,β-unsaturated/α-hetero) is 1. The first-order valence-electron chi connectivity index (χ1n) is 6.75. The first-order valence-corrected chi connectivity index (χ1v) is 6.75. The number of hydrogen-bond acceptors (Lipinski definition) is 3. The van der Waals surface area contributed by atoms with Crippen LogP contribution < -0.4 is 0 Å². The predicted octanol–water partition coefficient (Wildman–Crippen LogP) is 2.47. The quantitative estimate of drug-likeness (QED) is 0.592. The third-order valence-electron chi connectivity index (χ3n) is 4.33. The molecule has 1 aliphatic carbocycles. The summed E-state index contributed by atoms with van der Waals surface area (Å²) in [4.78, 5) is 33.5. The molecule has 106 valence electrons. The summed E-state index contributed by atoms with van der Waals surface area (Å²) in [6.45, 7) is 7.21. The SMILES string of the molecule is C=C(C(=O)O)C1CCC(C)C(CCC(C)=O)C1C=O. The van der Waals surface area contributed by atoms with Gasteiger partial charge in [0.25, 0.3) is 0 Å². The molecule has 0 spiro atoms. The van der Waals surface area contributed by atoms with Gasteiger partial charge in [0.1, 0.15) is 12.1 Å². The highest BCUT2D eigenvalue weighted by Gasteiger charge is 2.39. The molecule has 0 heterocycles. The molecule has 19 heavy (non-hydrogen) atoms. The molecule has 4 atom stereocenters. The van der Waals surface area contributed by atoms with E-state index >= 15 is 0 Å². The summed E-state index contributed by atoms with van der Waals surface area (Å²) in [6.07, 6.45) is 3.53. The minimum Gasteiger partial charge on any atom is -0.478 e. The molecule has 0 aromatic rings. The summed E-state index contributed by atoms with van der Waals surface area (Å²) in [5, 5.41) is 9.05. The van der Waals surface area contributed by atoms with Crippen LogP contribution in [0.3, 0.4) is 0 Å². The Balaban J connectivity index is 2.87. The molecule has 4 nitrogen and oxygen atoms in total. The van der Waals surface area contributed by atoms with Crippen LogP contribution in [0.4, 0.5) is 0 Å². The fourth-order valence-corrected chi connectivity index (χ4v) is 3.13. The van der Waals surface area contributed by atoms with Gasteiger partial charge in [0.05, 0.1) is 0 Å². The van der Waals surface area contributed by atoms with Crippen molar-refractivity contribution in [1.82, 2.24) is 0 Å². The number of aldehydes is 1. The van der Waals surface area contributed by atoms with Crippen LogP contribution in [0, 0.1) is 23.7 Å². The summed E-state index contributed by atoms with van der Waals surface area (Å²) in [5.74, 6) is -1.12. The zero-order valence-corrected chi connectivity index (χ0v) is 11.6. The van der Waals surface area contributed by atoms with E-state index in [9.17, 15) is 14.4 Å². The Bertz CT molecular complexity index is 386. The van der Waals surface area contributed by atoms with Gasteiger partial charge in [-0.1, -0.05) is 13.5 Å². The maximum Gasteiger partial charge on any atom is 0.331 e. The van der Waals surface area contributed by atoms with Crippen molar-refractivity contribution in [3.8, 4) is 0 Å². The summed E-state index contributed by atoms with van der Waals surface area (Å²) >= 11 is 0. The lowest BCUT2D eigenvalue weighted by Crippen LogP contribution is -2.37. The molecule has 1 fully saturated rings. The number of hydrogen-bond donors (Lipinski definition) is 1. The molecular formula is C15H22O4. The van der Waals surface area contributed by atoms with Gasteiger partial charge in [0.15, 0.2) is 0 Å². The van der Waals surface area contributed by atoms with Gasteiger partial charge < -0.3 is 14.7 Å². The number of carboxylic acid groups (broad SMARTS) is 1. The molecule has 1 rings (SSSR count). The second kappa shape index (κ2) is 6.64. The van der Waals surface area contributed by atoms with E-state index in [1.54, 1.807) is 0 Å². The average molecular weight is 266 g/mol. The molecule has 1 aliphatic rings. The molecule has 4 heteroatoms. The molecule has 0 radical (unpaired) electrons. The number of rotatable bonds is 6. The van der Waals surface area contributed by atoms with Crippen LogP contribution in [0.2, 0.25) is 0 Å². The van der Waals surface area contributed by atoms with Crippen LogP contribution in [0.15, 0.2) is 12.2 Å². The van der Waals surface area contributed by atoms with Crippen molar-refractivity contribution < 1.29 is 19.5 Å². The van der Waals surface area contributed by atoms with Gasteiger partial charge in [-0.2, -0.15) is 0 Å². The van der Waals surface area contributed by atoms with Gasteiger partial charge in [-0.25, -0.2) is 4.79 Å². The van der Waals surface area contributed by atoms with Gasteiger partial charge >= 0.3 is 5.97 Å². The van der Waals surface area contributed by atoms with E-state index in [4.69, 9.17) is 5.11 Å². The zero-order valence-electron chi connectivity index (χ0n) is 11.6. The number of ketones is 1. The Morgan fingerprint density at radius 2 is 2.00 bits per heavy atom. The minimum atomic E-state index is -1.03. The van der Waals surface area contributed by atoms with Crippen molar-refractivity contribution in [3.05, 3.63) is 12.2 Å². The third-order valence-corrected chi connectivity index (χ3v) is 4.33. The lowest BCUT2D eigenvalue weighted by molar-refractivity contribution is -0.134. The number of aliphatic carboxylic acids is 1. The van der Waals surface area contributed by atoms with E-state index in [0.717, 1.165) is 12.7 Å². The molecular weight excluding hydrogens is 244 g/mol. The van der Waals surface area contributed by atoms with E-state index in [1.807, 2.05) is 0 Å². The minimum absolute atomic E-state index is 0.0799. The fourth-order valence-electron chi connectivity index (χ4n) is 3.13. The highest BCUT2D eigenvalue weighted by atomic mass is 16.4. The molecule has 0 amide bonds. The Hall–Kier alpha value is -1.45. The maximum absolute atomic E-state index is 11.4. The predicted molar refractivity (Wildman–Crippen MR) is 71.6 cm³/mol. The average Bonchev–Trinajstić information content (AvgIpc) is 2.35. The van der Waals surface area contributed by atoms with E-state index in [-0.39, 0.29) is 29.1 Å². The lowest BCUT2D eigenvalue weighted by atomic mass is 9.64. The van der Waals surface area contributed by atoms with Crippen molar-refractivity contribution in [1.29, 1.82) is 0 Å². The van der Waals surface area contributed by atoms with E-state index in [0.29, 0.717) is 25.2 Å². The molecule has 1 saturated carbocycles. The van der Waals surface area contributed by atoms with Gasteiger partial charge in [-0.3, -0.25) is 0 Å². The lowest BCUT2D eigenvalue weighted by Gasteiger charge is -2.39. The first-order chi connectivity index (χ1) is 8.88. The molecule has 0 aromatic heterocycles. The number of carbonyl (C=O) groups excluding carboxylic acids is 2. The monoisotopic (exact) mass is 266 g/mol. The van der Waals surface area contributed by atoms with E-state index in [1.165, 1.54) is 6.92 Å². The number of carbonyl (C=O) groups is 3. The van der Waals surface area contributed by atoms with Gasteiger partial charge in [-0.05, 0) is 38.0 Å². The van der Waals surface area contributed by atoms with Crippen molar-refractivity contribution in [2.45, 2.75) is 39.5 Å². The fraction of sp³-hybridized carbons (Fsp3) is 0.667. The Morgan fingerprint density at radius 1 is 1.37 bits per heavy atom. The Morgan fingerprint density at radius 3 is 2.47 bits per heavy atom. The van der Waals surface area contributed by atoms with Gasteiger partial charge in [0, 0.05) is 23.8 Å². The van der Waals surface area contributed by atoms with Crippen LogP contribution >= 0.6 is 0 Å². The smallest absolute Gasteiger partial charge is 0.331 e. The van der Waals surface area contributed by atoms with Crippen molar-refractivity contribution >= 4 is 18.0 Å². The van der Waals surface area contributed by atoms with Crippen LogP contribution in [0.5, 0.6) is 0 Å². The number of carboxylic acids is 1. The van der Waals surface area contributed by atoms with Gasteiger partial charge in [0.2, 0.25) is 0 Å². The van der Waals surface area contributed by atoms with Crippen LogP contribution in [-0.4, -0.2) is 23.1 Å². The summed E-state index contributed by atoms with van der Waals surface area (Å²) in [7, 11) is 0. The molecule has 4 unspecified atom stereocenters. The highest BCUT2D eigenvalue weighted by Crippen LogP contribution is 2.42. The highest BCUT2D eigenvalue weighted by molar-refractivity contribution is 5.87. The molecule has 0 bridgehead atoms. The van der Waals surface area contributed by atoms with Crippen LogP contribution in [-0.2, 0) is 14.4 Å². The molecule has 0 saturated heterocycles. The van der Waals surface area contributed by atoms with Gasteiger partial charge in [-0.15, -0.1) is 0 Å². The Kier molecular flexibility index (Phi) is 5.45. The topological polar surface area (TPSA) is 71.4 Å². The third kappa shape index (κ3) is 3.75. The zero-order chi connectivity index (χ0) is 14.6. The second-order valence-corrected chi connectivity index (χ2v) is 5.61. The van der Waals surface area contributed by atoms with Crippen molar-refractivity contribution in [2.24, 2.45) is 23.7 Å². The maximum atomic E-state index is 11.4. The normalized spacial score (nSPS) is 30.6. The first kappa shape index (κ1) is 15.6. The standard InChI is InChI=1S/C15H22O4/c1-9-4-6-13(11(3)15(18)19)14(8-16)12(9)7-5-10(2)17/h8-9,12-14H,3-7H2,1-2H3,(H,18,19). The van der Waals surface area contributed by atoms with Crippen molar-refractivity contribution in [2.75, 3.05) is 0 Å². The summed E-state index contributed by atoms with van der Waals surface area (Å²) < 4.78 is 0. The summed E-state index contributed by atoms with van der Waals surface area (Å²) in [5.41, 5.74) is 0.122. The molecule has 1 N–H and O–H groups in total. The molecule has 0 aliphatic heterocycles. The summed E-state index contributed by atoms with van der Waals surface area (Å²) in [6, 6.07) is 0. The van der Waals surface area contributed by atoms with Crippen molar-refractivity contribution in [3.63, 3.8) is 0 Å². The van der Waals surface area contributed by atoms with Crippen LogP contribution in [0.1, 0.15) is 39.5 Å². The van der Waals surface area contributed by atoms with E-state index < -0.39 is 5.97 Å². The van der Waals surface area contributed by atoms with E-state index in [2.05, 4.69) is 13.5 Å². The second-order valence-electron chi connectivity index (χ2n) is 5.61. The Labute approximate surface area is 113 Å². The molecule has 0 aromatic carbocycles. The van der Waals surface area contributed by atoms with Crippen LogP contribution in [0.25, 0.3) is 0 Å². The largest absolute Gasteiger partial charge is 0.478 e.